The van der Waals surface area contributed by atoms with Gasteiger partial charge in [0.25, 0.3) is 0 Å². The summed E-state index contributed by atoms with van der Waals surface area (Å²) in [6.45, 7) is 2.29. The summed E-state index contributed by atoms with van der Waals surface area (Å²) in [4.78, 5) is 38.4. The second-order valence-corrected chi connectivity index (χ2v) is 8.00. The minimum atomic E-state index is -0.840. The van der Waals surface area contributed by atoms with Gasteiger partial charge in [0.05, 0.1) is 30.3 Å². The zero-order valence-electron chi connectivity index (χ0n) is 17.4. The Labute approximate surface area is 190 Å². The number of nitrogens with one attached hydrogen (secondary N) is 5. The lowest BCUT2D eigenvalue weighted by atomic mass is 9.81. The number of piperidine rings is 1. The molecule has 2 saturated heterocycles. The zero-order valence-corrected chi connectivity index (χ0v) is 18.1. The molecular weight excluding hydrogens is 434 g/mol. The van der Waals surface area contributed by atoms with Crippen molar-refractivity contribution in [1.82, 2.24) is 16.0 Å². The van der Waals surface area contributed by atoms with Gasteiger partial charge in [-0.1, -0.05) is 23.7 Å². The number of rotatable bonds is 6. The highest BCUT2D eigenvalue weighted by molar-refractivity contribution is 6.30. The third kappa shape index (κ3) is 4.79. The number of benzene rings is 2. The number of amides is 3. The standard InChI is InChI=1S/C22H24ClN5O4/c1-2-32-16-6-4-3-5-15(16)25-20(30)14-11-17(29)26-19-18(14)21(31)28-22(27-19)24-13-9-7-12(23)8-10-13/h3-10,14,18-19,22,24,27H,2,11H2,1H3,(H,25,30)(H,26,29)(H,28,31). The summed E-state index contributed by atoms with van der Waals surface area (Å²) < 4.78 is 5.55. The number of anilines is 2. The minimum Gasteiger partial charge on any atom is -0.492 e. The van der Waals surface area contributed by atoms with E-state index in [1.807, 2.05) is 6.92 Å². The number of carbonyl (C=O) groups is 3. The monoisotopic (exact) mass is 457 g/mol. The number of hydrogen-bond donors (Lipinski definition) is 5. The van der Waals surface area contributed by atoms with Crippen LogP contribution in [0.4, 0.5) is 11.4 Å². The van der Waals surface area contributed by atoms with Crippen molar-refractivity contribution in [3.05, 3.63) is 53.6 Å². The van der Waals surface area contributed by atoms with Gasteiger partial charge in [0.15, 0.2) is 6.29 Å². The second-order valence-electron chi connectivity index (χ2n) is 7.56. The van der Waals surface area contributed by atoms with Gasteiger partial charge in [-0.3, -0.25) is 19.7 Å². The van der Waals surface area contributed by atoms with E-state index in [1.54, 1.807) is 48.5 Å². The van der Waals surface area contributed by atoms with E-state index < -0.39 is 30.2 Å². The molecule has 2 aliphatic heterocycles. The largest absolute Gasteiger partial charge is 0.492 e. The molecule has 10 heteroatoms. The lowest BCUT2D eigenvalue weighted by Gasteiger charge is -2.43. The average Bonchev–Trinajstić information content (AvgIpc) is 2.76. The molecule has 2 aliphatic rings. The maximum Gasteiger partial charge on any atom is 0.229 e. The molecule has 4 atom stereocenters. The maximum absolute atomic E-state index is 13.1. The topological polar surface area (TPSA) is 121 Å². The Balaban J connectivity index is 1.48. The molecule has 3 amide bonds. The molecule has 0 aromatic heterocycles. The molecule has 0 saturated carbocycles. The molecule has 0 aliphatic carbocycles. The Kier molecular flexibility index (Phi) is 6.48. The van der Waals surface area contributed by atoms with Crippen LogP contribution in [-0.2, 0) is 14.4 Å². The van der Waals surface area contributed by atoms with Crippen molar-refractivity contribution in [3.63, 3.8) is 0 Å². The minimum absolute atomic E-state index is 0.0891. The summed E-state index contributed by atoms with van der Waals surface area (Å²) in [5.41, 5.74) is 1.22. The zero-order chi connectivity index (χ0) is 22.7. The Hall–Kier alpha value is -3.30. The number of halogens is 1. The van der Waals surface area contributed by atoms with Crippen LogP contribution < -0.4 is 31.3 Å². The summed E-state index contributed by atoms with van der Waals surface area (Å²) in [5.74, 6) is -2.14. The summed E-state index contributed by atoms with van der Waals surface area (Å²) in [6.07, 6.45) is -1.42. The van der Waals surface area contributed by atoms with Crippen molar-refractivity contribution in [2.45, 2.75) is 25.8 Å². The van der Waals surface area contributed by atoms with Crippen molar-refractivity contribution < 1.29 is 19.1 Å². The highest BCUT2D eigenvalue weighted by atomic mass is 35.5. The predicted molar refractivity (Wildman–Crippen MR) is 120 cm³/mol. The Morgan fingerprint density at radius 2 is 1.88 bits per heavy atom. The molecule has 2 heterocycles. The summed E-state index contributed by atoms with van der Waals surface area (Å²) in [6, 6.07) is 14.0. The summed E-state index contributed by atoms with van der Waals surface area (Å²) >= 11 is 5.91. The van der Waals surface area contributed by atoms with Crippen LogP contribution in [0.2, 0.25) is 5.02 Å². The molecule has 2 fully saturated rings. The smallest absolute Gasteiger partial charge is 0.229 e. The molecule has 0 bridgehead atoms. The fourth-order valence-corrected chi connectivity index (χ4v) is 4.07. The molecule has 0 radical (unpaired) electrons. The first-order valence-corrected chi connectivity index (χ1v) is 10.7. The fraction of sp³-hybridized carbons (Fsp3) is 0.318. The lowest BCUT2D eigenvalue weighted by Crippen LogP contribution is -2.72. The van der Waals surface area contributed by atoms with E-state index >= 15 is 0 Å². The highest BCUT2D eigenvalue weighted by Crippen LogP contribution is 2.30. The van der Waals surface area contributed by atoms with Crippen LogP contribution in [0, 0.1) is 11.8 Å². The van der Waals surface area contributed by atoms with Crippen LogP contribution in [0.25, 0.3) is 0 Å². The van der Waals surface area contributed by atoms with E-state index in [4.69, 9.17) is 16.3 Å². The van der Waals surface area contributed by atoms with Crippen molar-refractivity contribution >= 4 is 40.7 Å². The Morgan fingerprint density at radius 3 is 2.62 bits per heavy atom. The molecule has 0 spiro atoms. The molecule has 2 aromatic carbocycles. The van der Waals surface area contributed by atoms with Gasteiger partial charge in [-0.2, -0.15) is 0 Å². The number of fused-ring (bicyclic) bond motifs is 1. The van der Waals surface area contributed by atoms with Gasteiger partial charge in [0.1, 0.15) is 5.75 Å². The number of carbonyl (C=O) groups excluding carboxylic acids is 3. The maximum atomic E-state index is 13.1. The summed E-state index contributed by atoms with van der Waals surface area (Å²) in [5, 5.41) is 15.3. The first-order valence-electron chi connectivity index (χ1n) is 10.3. The normalized spacial score (nSPS) is 24.6. The molecule has 2 aromatic rings. The van der Waals surface area contributed by atoms with Crippen molar-refractivity contribution in [2.24, 2.45) is 11.8 Å². The summed E-state index contributed by atoms with van der Waals surface area (Å²) in [7, 11) is 0. The first kappa shape index (κ1) is 21.9. The van der Waals surface area contributed by atoms with Gasteiger partial charge in [0.2, 0.25) is 17.7 Å². The van der Waals surface area contributed by atoms with Crippen LogP contribution in [-0.4, -0.2) is 36.8 Å². The van der Waals surface area contributed by atoms with Crippen molar-refractivity contribution in [1.29, 1.82) is 0 Å². The van der Waals surface area contributed by atoms with E-state index in [9.17, 15) is 14.4 Å². The van der Waals surface area contributed by atoms with Gasteiger partial charge in [-0.25, -0.2) is 0 Å². The van der Waals surface area contributed by atoms with E-state index in [-0.39, 0.29) is 18.2 Å². The van der Waals surface area contributed by atoms with E-state index in [2.05, 4.69) is 26.6 Å². The Morgan fingerprint density at radius 1 is 1.12 bits per heavy atom. The predicted octanol–water partition coefficient (Wildman–Crippen LogP) is 1.87. The van der Waals surface area contributed by atoms with Gasteiger partial charge < -0.3 is 26.0 Å². The van der Waals surface area contributed by atoms with E-state index in [0.29, 0.717) is 23.1 Å². The third-order valence-corrected chi connectivity index (χ3v) is 5.64. The molecule has 168 valence electrons. The number of hydrogen-bond acceptors (Lipinski definition) is 6. The van der Waals surface area contributed by atoms with Crippen LogP contribution in [0.15, 0.2) is 48.5 Å². The molecule has 32 heavy (non-hydrogen) atoms. The molecule has 5 N–H and O–H groups in total. The van der Waals surface area contributed by atoms with Crippen LogP contribution in [0.3, 0.4) is 0 Å². The van der Waals surface area contributed by atoms with E-state index in [1.165, 1.54) is 0 Å². The lowest BCUT2D eigenvalue weighted by molar-refractivity contribution is -0.144. The number of para-hydroxylation sites is 2. The third-order valence-electron chi connectivity index (χ3n) is 5.39. The number of ether oxygens (including phenoxy) is 1. The quantitative estimate of drug-likeness (QED) is 0.451. The SMILES string of the molecule is CCOc1ccccc1NC(=O)C1CC(=O)NC2NC(Nc3ccc(Cl)cc3)NC(=O)C21. The Bertz CT molecular complexity index is 1020. The average molecular weight is 458 g/mol. The second kappa shape index (κ2) is 9.46. The van der Waals surface area contributed by atoms with Crippen molar-refractivity contribution in [2.75, 3.05) is 17.2 Å². The molecule has 4 unspecified atom stereocenters. The first-order chi connectivity index (χ1) is 15.4. The van der Waals surface area contributed by atoms with Gasteiger partial charge in [0, 0.05) is 17.1 Å². The molecular formula is C22H24ClN5O4. The van der Waals surface area contributed by atoms with Gasteiger partial charge in [-0.05, 0) is 43.3 Å². The molecule has 4 rings (SSSR count). The van der Waals surface area contributed by atoms with E-state index in [0.717, 1.165) is 5.69 Å². The van der Waals surface area contributed by atoms with Crippen LogP contribution in [0.5, 0.6) is 5.75 Å². The van der Waals surface area contributed by atoms with Crippen LogP contribution in [0.1, 0.15) is 13.3 Å². The van der Waals surface area contributed by atoms with Gasteiger partial charge in [-0.15, -0.1) is 0 Å². The fourth-order valence-electron chi connectivity index (χ4n) is 3.94. The van der Waals surface area contributed by atoms with Gasteiger partial charge >= 0.3 is 0 Å². The molecule has 9 nitrogen and oxygen atoms in total. The van der Waals surface area contributed by atoms with Crippen LogP contribution >= 0.6 is 11.6 Å². The van der Waals surface area contributed by atoms with Crippen molar-refractivity contribution in [3.8, 4) is 5.75 Å². The highest BCUT2D eigenvalue weighted by Gasteiger charge is 2.48.